The van der Waals surface area contributed by atoms with E-state index in [4.69, 9.17) is 6.42 Å². The van der Waals surface area contributed by atoms with E-state index in [1.165, 1.54) is 3.97 Å². The van der Waals surface area contributed by atoms with Gasteiger partial charge in [-0.3, -0.25) is 0 Å². The summed E-state index contributed by atoms with van der Waals surface area (Å²) in [7, 11) is -3.64. The van der Waals surface area contributed by atoms with E-state index in [0.717, 1.165) is 11.1 Å². The maximum atomic E-state index is 12.9. The number of allylic oxidation sites excluding steroid dienone is 1. The molecule has 120 valence electrons. The fraction of sp³-hybridized carbons (Fsp3) is 0.263. The predicted octanol–water partition coefficient (Wildman–Crippen LogP) is 3.71. The van der Waals surface area contributed by atoms with Gasteiger partial charge in [0.15, 0.2) is 0 Å². The maximum absolute atomic E-state index is 12.9. The molecule has 0 N–H and O–H groups in total. The normalized spacial score (nSPS) is 14.0. The van der Waals surface area contributed by atoms with Crippen LogP contribution in [-0.4, -0.2) is 12.4 Å². The SMILES string of the molecule is C#CC(C)(C=C)Cc1c(C)ccn1S(=O)(=O)c1ccc(C)cc1. The molecule has 0 aliphatic carbocycles. The Labute approximate surface area is 138 Å². The van der Waals surface area contributed by atoms with Crippen LogP contribution in [0.3, 0.4) is 0 Å². The number of hydrogen-bond acceptors (Lipinski definition) is 2. The molecule has 1 aromatic heterocycles. The smallest absolute Gasteiger partial charge is 0.246 e. The summed E-state index contributed by atoms with van der Waals surface area (Å²) in [6, 6.07) is 8.62. The van der Waals surface area contributed by atoms with Gasteiger partial charge >= 0.3 is 0 Å². The Balaban J connectivity index is 2.55. The van der Waals surface area contributed by atoms with Gasteiger partial charge in [-0.25, -0.2) is 12.4 Å². The van der Waals surface area contributed by atoms with Crippen LogP contribution in [0.2, 0.25) is 0 Å². The van der Waals surface area contributed by atoms with Crippen molar-refractivity contribution in [1.29, 1.82) is 0 Å². The molecule has 1 heterocycles. The third kappa shape index (κ3) is 3.25. The maximum Gasteiger partial charge on any atom is 0.267 e. The molecule has 0 radical (unpaired) electrons. The predicted molar refractivity (Wildman–Crippen MR) is 93.8 cm³/mol. The van der Waals surface area contributed by atoms with Gasteiger partial charge in [0, 0.05) is 18.3 Å². The number of aromatic nitrogens is 1. The van der Waals surface area contributed by atoms with Gasteiger partial charge in [0.05, 0.1) is 10.3 Å². The Morgan fingerprint density at radius 1 is 1.26 bits per heavy atom. The molecular weight excluding hydrogens is 306 g/mol. The number of benzene rings is 1. The molecular formula is C19H21NO2S. The number of terminal acetylenes is 1. The first-order valence-corrected chi connectivity index (χ1v) is 8.78. The lowest BCUT2D eigenvalue weighted by atomic mass is 9.86. The Bertz CT molecular complexity index is 867. The van der Waals surface area contributed by atoms with E-state index in [9.17, 15) is 8.42 Å². The van der Waals surface area contributed by atoms with Gasteiger partial charge in [-0.1, -0.05) is 29.7 Å². The molecule has 23 heavy (non-hydrogen) atoms. The molecule has 0 saturated heterocycles. The van der Waals surface area contributed by atoms with Crippen molar-refractivity contribution < 1.29 is 8.42 Å². The van der Waals surface area contributed by atoms with Crippen LogP contribution >= 0.6 is 0 Å². The highest BCUT2D eigenvalue weighted by Crippen LogP contribution is 2.28. The van der Waals surface area contributed by atoms with Gasteiger partial charge in [-0.15, -0.1) is 13.0 Å². The number of aryl methyl sites for hydroxylation is 2. The number of hydrogen-bond donors (Lipinski definition) is 0. The lowest BCUT2D eigenvalue weighted by Gasteiger charge is -2.21. The first-order valence-electron chi connectivity index (χ1n) is 7.34. The van der Waals surface area contributed by atoms with Gasteiger partial charge in [-0.2, -0.15) is 0 Å². The van der Waals surface area contributed by atoms with E-state index in [0.29, 0.717) is 12.1 Å². The topological polar surface area (TPSA) is 39.1 Å². The third-order valence-electron chi connectivity index (χ3n) is 4.07. The molecule has 0 spiro atoms. The molecule has 0 bridgehead atoms. The minimum absolute atomic E-state index is 0.265. The zero-order valence-electron chi connectivity index (χ0n) is 13.7. The lowest BCUT2D eigenvalue weighted by molar-refractivity contribution is 0.551. The minimum Gasteiger partial charge on any atom is -0.246 e. The average Bonchev–Trinajstić information content (AvgIpc) is 2.89. The molecule has 0 aliphatic rings. The summed E-state index contributed by atoms with van der Waals surface area (Å²) in [5.41, 5.74) is 2.00. The molecule has 4 heteroatoms. The van der Waals surface area contributed by atoms with E-state index in [1.54, 1.807) is 42.6 Å². The van der Waals surface area contributed by atoms with Crippen molar-refractivity contribution in [2.45, 2.75) is 32.1 Å². The Kier molecular flexibility index (Phi) is 4.53. The molecule has 0 fully saturated rings. The minimum atomic E-state index is -3.64. The molecule has 0 amide bonds. The van der Waals surface area contributed by atoms with Crippen LogP contribution in [-0.2, 0) is 16.4 Å². The number of nitrogens with zero attached hydrogens (tertiary/aromatic N) is 1. The Morgan fingerprint density at radius 2 is 1.87 bits per heavy atom. The van der Waals surface area contributed by atoms with Crippen LogP contribution in [0.5, 0.6) is 0 Å². The quantitative estimate of drug-likeness (QED) is 0.620. The molecule has 0 saturated carbocycles. The highest BCUT2D eigenvalue weighted by atomic mass is 32.2. The van der Waals surface area contributed by atoms with Crippen LogP contribution in [0.15, 0.2) is 54.1 Å². The fourth-order valence-electron chi connectivity index (χ4n) is 2.34. The summed E-state index contributed by atoms with van der Waals surface area (Å²) in [4.78, 5) is 0.265. The molecule has 0 aliphatic heterocycles. The zero-order chi connectivity index (χ0) is 17.3. The van der Waals surface area contributed by atoms with Gasteiger partial charge in [-0.05, 0) is 44.5 Å². The lowest BCUT2D eigenvalue weighted by Crippen LogP contribution is -2.21. The zero-order valence-corrected chi connectivity index (χ0v) is 14.5. The second-order valence-corrected chi connectivity index (χ2v) is 7.82. The van der Waals surface area contributed by atoms with Gasteiger partial charge in [0.25, 0.3) is 10.0 Å². The summed E-state index contributed by atoms with van der Waals surface area (Å²) < 4.78 is 27.2. The van der Waals surface area contributed by atoms with Crippen LogP contribution in [0.25, 0.3) is 0 Å². The van der Waals surface area contributed by atoms with E-state index in [2.05, 4.69) is 12.5 Å². The summed E-state index contributed by atoms with van der Waals surface area (Å²) in [5, 5.41) is 0. The van der Waals surface area contributed by atoms with Crippen molar-refractivity contribution in [1.82, 2.24) is 3.97 Å². The van der Waals surface area contributed by atoms with Crippen LogP contribution in [0.4, 0.5) is 0 Å². The standard InChI is InChI=1S/C19H21NO2S/c1-6-19(5,7-2)14-18-16(4)12-13-20(18)23(21,22)17-10-8-15(3)9-11-17/h1,7-13H,2,14H2,3-5H3. The van der Waals surface area contributed by atoms with Gasteiger partial charge in [0.1, 0.15) is 0 Å². The Morgan fingerprint density at radius 3 is 2.39 bits per heavy atom. The van der Waals surface area contributed by atoms with Gasteiger partial charge in [0.2, 0.25) is 0 Å². The molecule has 2 rings (SSSR count). The highest BCUT2D eigenvalue weighted by Gasteiger charge is 2.26. The Hall–Kier alpha value is -2.25. The monoisotopic (exact) mass is 327 g/mol. The van der Waals surface area contributed by atoms with Crippen molar-refractivity contribution in [2.75, 3.05) is 0 Å². The summed E-state index contributed by atoms with van der Waals surface area (Å²) in [6.07, 6.45) is 9.27. The number of rotatable bonds is 5. The summed E-state index contributed by atoms with van der Waals surface area (Å²) in [6.45, 7) is 9.45. The van der Waals surface area contributed by atoms with Crippen LogP contribution < -0.4 is 0 Å². The summed E-state index contributed by atoms with van der Waals surface area (Å²) in [5.74, 6) is 2.69. The van der Waals surface area contributed by atoms with Crippen molar-refractivity contribution >= 4 is 10.0 Å². The molecule has 3 nitrogen and oxygen atoms in total. The average molecular weight is 327 g/mol. The second-order valence-electron chi connectivity index (χ2n) is 6.00. The molecule has 2 aromatic rings. The van der Waals surface area contributed by atoms with Crippen LogP contribution in [0.1, 0.15) is 23.7 Å². The van der Waals surface area contributed by atoms with E-state index in [1.807, 2.05) is 20.8 Å². The van der Waals surface area contributed by atoms with Gasteiger partial charge < -0.3 is 0 Å². The molecule has 1 atom stereocenters. The van der Waals surface area contributed by atoms with Crippen molar-refractivity contribution in [3.8, 4) is 12.3 Å². The van der Waals surface area contributed by atoms with E-state index in [-0.39, 0.29) is 4.90 Å². The largest absolute Gasteiger partial charge is 0.267 e. The highest BCUT2D eigenvalue weighted by molar-refractivity contribution is 7.90. The van der Waals surface area contributed by atoms with E-state index >= 15 is 0 Å². The molecule has 1 aromatic carbocycles. The van der Waals surface area contributed by atoms with Crippen molar-refractivity contribution in [3.63, 3.8) is 0 Å². The van der Waals surface area contributed by atoms with Crippen molar-refractivity contribution in [2.24, 2.45) is 5.41 Å². The van der Waals surface area contributed by atoms with Crippen molar-refractivity contribution in [3.05, 3.63) is 66.0 Å². The first-order chi connectivity index (χ1) is 10.7. The summed E-state index contributed by atoms with van der Waals surface area (Å²) >= 11 is 0. The molecule has 1 unspecified atom stereocenters. The third-order valence-corrected chi connectivity index (χ3v) is 5.80. The fourth-order valence-corrected chi connectivity index (χ4v) is 3.76. The first kappa shape index (κ1) is 17.1. The van der Waals surface area contributed by atoms with Crippen LogP contribution in [0, 0.1) is 31.6 Å². The second kappa shape index (κ2) is 6.10. The van der Waals surface area contributed by atoms with E-state index < -0.39 is 15.4 Å².